The molecule has 0 aliphatic rings. The van der Waals surface area contributed by atoms with Crippen LogP contribution in [0.25, 0.3) is 0 Å². The van der Waals surface area contributed by atoms with Crippen LogP contribution in [0.2, 0.25) is 0 Å². The van der Waals surface area contributed by atoms with E-state index in [1.807, 2.05) is 30.3 Å². The van der Waals surface area contributed by atoms with Crippen LogP contribution in [-0.2, 0) is 6.54 Å². The third-order valence-electron chi connectivity index (χ3n) is 4.12. The summed E-state index contributed by atoms with van der Waals surface area (Å²) in [7, 11) is 3.20. The molecule has 9 nitrogen and oxygen atoms in total. The fraction of sp³-hybridized carbons (Fsp3) is 0.143. The molecule has 3 amide bonds. The van der Waals surface area contributed by atoms with E-state index in [0.717, 1.165) is 5.56 Å². The Morgan fingerprint density at radius 1 is 1.03 bits per heavy atom. The van der Waals surface area contributed by atoms with Gasteiger partial charge in [-0.3, -0.25) is 10.2 Å². The summed E-state index contributed by atoms with van der Waals surface area (Å²) in [6, 6.07) is 13.3. The van der Waals surface area contributed by atoms with Crippen molar-refractivity contribution in [3.05, 3.63) is 77.9 Å². The summed E-state index contributed by atoms with van der Waals surface area (Å²) in [5.41, 5.74) is 7.14. The minimum absolute atomic E-state index is 0.0817. The molecule has 4 N–H and O–H groups in total. The molecule has 0 bridgehead atoms. The first-order valence-electron chi connectivity index (χ1n) is 9.36. The standard InChI is InChI=1S/C21H22FN7O2/c1-29(2)21(31)26-16-8-9-17(22)18(10-16)27-20-23-12-15(13-24-20)19(30)28-25-11-14-6-4-3-5-7-14/h3-10,12-13,25H,11H2,1-2H3,(H,26,31)(H,28,30)(H,23,24,27). The highest BCUT2D eigenvalue weighted by molar-refractivity contribution is 5.93. The number of carbonyl (C=O) groups excluding carboxylic acids is 2. The Labute approximate surface area is 178 Å². The van der Waals surface area contributed by atoms with Gasteiger partial charge < -0.3 is 15.5 Å². The van der Waals surface area contributed by atoms with Crippen molar-refractivity contribution in [1.29, 1.82) is 0 Å². The number of halogens is 1. The van der Waals surface area contributed by atoms with E-state index < -0.39 is 11.7 Å². The van der Waals surface area contributed by atoms with Gasteiger partial charge in [0.05, 0.1) is 11.3 Å². The third-order valence-corrected chi connectivity index (χ3v) is 4.12. The molecule has 0 saturated heterocycles. The van der Waals surface area contributed by atoms with Gasteiger partial charge in [0.15, 0.2) is 0 Å². The van der Waals surface area contributed by atoms with Crippen molar-refractivity contribution >= 4 is 29.3 Å². The monoisotopic (exact) mass is 423 g/mol. The average Bonchev–Trinajstić information content (AvgIpc) is 2.77. The SMILES string of the molecule is CN(C)C(=O)Nc1ccc(F)c(Nc2ncc(C(=O)NNCc3ccccc3)cn2)c1. The largest absolute Gasteiger partial charge is 0.331 e. The third kappa shape index (κ3) is 6.21. The summed E-state index contributed by atoms with van der Waals surface area (Å²) in [5, 5.41) is 5.37. The van der Waals surface area contributed by atoms with E-state index in [2.05, 4.69) is 31.5 Å². The number of hydrogen-bond donors (Lipinski definition) is 4. The lowest BCUT2D eigenvalue weighted by Gasteiger charge is -2.13. The van der Waals surface area contributed by atoms with Gasteiger partial charge in [0.2, 0.25) is 5.95 Å². The Hall–Kier alpha value is -4.05. The summed E-state index contributed by atoms with van der Waals surface area (Å²) in [6.45, 7) is 0.465. The molecule has 0 unspecified atom stereocenters. The molecule has 0 radical (unpaired) electrons. The Balaban J connectivity index is 1.58. The molecule has 31 heavy (non-hydrogen) atoms. The smallest absolute Gasteiger partial charge is 0.321 e. The maximum Gasteiger partial charge on any atom is 0.321 e. The number of rotatable bonds is 7. The molecule has 0 aliphatic carbocycles. The average molecular weight is 423 g/mol. The number of benzene rings is 2. The molecule has 0 atom stereocenters. The number of aromatic nitrogens is 2. The molecule has 3 aromatic rings. The van der Waals surface area contributed by atoms with Crippen LogP contribution in [-0.4, -0.2) is 40.9 Å². The fourth-order valence-electron chi connectivity index (χ4n) is 2.46. The van der Waals surface area contributed by atoms with Crippen LogP contribution in [0.3, 0.4) is 0 Å². The second kappa shape index (κ2) is 10.1. The second-order valence-electron chi connectivity index (χ2n) is 6.73. The fourth-order valence-corrected chi connectivity index (χ4v) is 2.46. The normalized spacial score (nSPS) is 10.3. The van der Waals surface area contributed by atoms with E-state index >= 15 is 0 Å². The Morgan fingerprint density at radius 3 is 2.42 bits per heavy atom. The van der Waals surface area contributed by atoms with Crippen molar-refractivity contribution in [3.8, 4) is 0 Å². The van der Waals surface area contributed by atoms with Crippen molar-refractivity contribution in [2.24, 2.45) is 0 Å². The molecule has 0 spiro atoms. The summed E-state index contributed by atoms with van der Waals surface area (Å²) in [6.07, 6.45) is 2.65. The molecule has 1 heterocycles. The molecule has 1 aromatic heterocycles. The molecule has 0 saturated carbocycles. The van der Waals surface area contributed by atoms with E-state index in [9.17, 15) is 14.0 Å². The summed E-state index contributed by atoms with van der Waals surface area (Å²) in [5.74, 6) is -0.843. The first-order chi connectivity index (χ1) is 14.9. The Bertz CT molecular complexity index is 1040. The Morgan fingerprint density at radius 2 is 1.74 bits per heavy atom. The number of nitrogens with one attached hydrogen (secondary N) is 4. The lowest BCUT2D eigenvalue weighted by Crippen LogP contribution is -2.36. The molecule has 3 rings (SSSR count). The summed E-state index contributed by atoms with van der Waals surface area (Å²) in [4.78, 5) is 33.4. The lowest BCUT2D eigenvalue weighted by molar-refractivity contribution is 0.0931. The Kier molecular flexibility index (Phi) is 7.07. The zero-order valence-electron chi connectivity index (χ0n) is 17.0. The van der Waals surface area contributed by atoms with Gasteiger partial charge >= 0.3 is 6.03 Å². The van der Waals surface area contributed by atoms with Gasteiger partial charge in [-0.1, -0.05) is 30.3 Å². The second-order valence-corrected chi connectivity index (χ2v) is 6.73. The van der Waals surface area contributed by atoms with E-state index in [1.54, 1.807) is 14.1 Å². The van der Waals surface area contributed by atoms with Crippen LogP contribution in [0.4, 0.5) is 26.5 Å². The highest BCUT2D eigenvalue weighted by atomic mass is 19.1. The zero-order chi connectivity index (χ0) is 22.2. The van der Waals surface area contributed by atoms with Gasteiger partial charge in [-0.05, 0) is 23.8 Å². The van der Waals surface area contributed by atoms with Crippen LogP contribution >= 0.6 is 0 Å². The predicted octanol–water partition coefficient (Wildman–Crippen LogP) is 2.89. The van der Waals surface area contributed by atoms with Gasteiger partial charge in [0.1, 0.15) is 5.82 Å². The topological polar surface area (TPSA) is 111 Å². The minimum Gasteiger partial charge on any atom is -0.331 e. The first kappa shape index (κ1) is 21.7. The van der Waals surface area contributed by atoms with Crippen molar-refractivity contribution in [1.82, 2.24) is 25.7 Å². The maximum atomic E-state index is 14.1. The van der Waals surface area contributed by atoms with Crippen LogP contribution < -0.4 is 21.5 Å². The highest BCUT2D eigenvalue weighted by Crippen LogP contribution is 2.22. The number of hydrogen-bond acceptors (Lipinski definition) is 6. The number of carbonyl (C=O) groups is 2. The lowest BCUT2D eigenvalue weighted by atomic mass is 10.2. The first-order valence-corrected chi connectivity index (χ1v) is 9.36. The molecule has 2 aromatic carbocycles. The highest BCUT2D eigenvalue weighted by Gasteiger charge is 2.11. The van der Waals surface area contributed by atoms with Crippen molar-refractivity contribution in [3.63, 3.8) is 0 Å². The van der Waals surface area contributed by atoms with Gasteiger partial charge in [-0.2, -0.15) is 0 Å². The minimum atomic E-state index is -0.543. The molecular formula is C21H22FN7O2. The number of urea groups is 1. The number of anilines is 3. The summed E-state index contributed by atoms with van der Waals surface area (Å²) < 4.78 is 14.1. The van der Waals surface area contributed by atoms with Crippen LogP contribution in [0.15, 0.2) is 60.9 Å². The van der Waals surface area contributed by atoms with Gasteiger partial charge in [0, 0.05) is 38.7 Å². The predicted molar refractivity (Wildman–Crippen MR) is 115 cm³/mol. The van der Waals surface area contributed by atoms with E-state index in [-0.39, 0.29) is 23.2 Å². The molecular weight excluding hydrogens is 401 g/mol. The zero-order valence-corrected chi connectivity index (χ0v) is 17.0. The van der Waals surface area contributed by atoms with Crippen LogP contribution in [0, 0.1) is 5.82 Å². The van der Waals surface area contributed by atoms with Crippen molar-refractivity contribution < 1.29 is 14.0 Å². The van der Waals surface area contributed by atoms with Gasteiger partial charge in [0.25, 0.3) is 5.91 Å². The van der Waals surface area contributed by atoms with E-state index in [4.69, 9.17) is 0 Å². The number of hydrazine groups is 1. The number of nitrogens with zero attached hydrogens (tertiary/aromatic N) is 3. The molecule has 0 aliphatic heterocycles. The van der Waals surface area contributed by atoms with E-state index in [0.29, 0.717) is 12.2 Å². The number of amides is 3. The van der Waals surface area contributed by atoms with E-state index in [1.165, 1.54) is 35.5 Å². The molecule has 0 fully saturated rings. The molecule has 10 heteroatoms. The van der Waals surface area contributed by atoms with Crippen LogP contribution in [0.1, 0.15) is 15.9 Å². The van der Waals surface area contributed by atoms with Crippen molar-refractivity contribution in [2.45, 2.75) is 6.54 Å². The van der Waals surface area contributed by atoms with Crippen LogP contribution in [0.5, 0.6) is 0 Å². The van der Waals surface area contributed by atoms with Gasteiger partial charge in [-0.15, -0.1) is 0 Å². The maximum absolute atomic E-state index is 14.1. The molecule has 160 valence electrons. The quantitative estimate of drug-likeness (QED) is 0.435. The van der Waals surface area contributed by atoms with Crippen molar-refractivity contribution in [2.75, 3.05) is 24.7 Å². The summed E-state index contributed by atoms with van der Waals surface area (Å²) >= 11 is 0. The van der Waals surface area contributed by atoms with Gasteiger partial charge in [-0.25, -0.2) is 24.6 Å².